The molecule has 0 aromatic heterocycles. The first-order chi connectivity index (χ1) is 20.8. The van der Waals surface area contributed by atoms with Crippen LogP contribution in [0.2, 0.25) is 18.1 Å². The third-order valence-corrected chi connectivity index (χ3v) is 16.0. The number of aliphatic hydroxyl groups is 1. The molecule has 9 heteroatoms. The first-order valence-electron chi connectivity index (χ1n) is 16.4. The number of fused-ring (bicyclic) bond motifs is 2. The molecule has 3 aliphatic rings. The van der Waals surface area contributed by atoms with Crippen molar-refractivity contribution in [2.24, 2.45) is 22.2 Å². The highest BCUT2D eigenvalue weighted by Gasteiger charge is 2.53. The number of epoxide rings is 1. The highest BCUT2D eigenvalue weighted by molar-refractivity contribution is 7.74. The van der Waals surface area contributed by atoms with Crippen molar-refractivity contribution < 1.29 is 28.6 Å². The number of esters is 1. The second-order valence-corrected chi connectivity index (χ2v) is 21.5. The van der Waals surface area contributed by atoms with Crippen LogP contribution in [0.4, 0.5) is 0 Å². The summed E-state index contributed by atoms with van der Waals surface area (Å²) in [7, 11) is -2.26. The fraction of sp³-hybridized carbons (Fsp3) is 0.667. The average Bonchev–Trinajstić information content (AvgIpc) is 3.40. The number of carbonyl (C=O) groups excluding carboxylic acids is 2. The number of ether oxygens (including phenoxy) is 2. The van der Waals surface area contributed by atoms with Crippen LogP contribution in [-0.2, 0) is 34.8 Å². The van der Waals surface area contributed by atoms with Gasteiger partial charge in [-0.3, -0.25) is 9.59 Å². The summed E-state index contributed by atoms with van der Waals surface area (Å²) < 4.78 is 20.4. The number of nitrogens with zero attached hydrogens (tertiary/aromatic N) is 1. The molecule has 7 atom stereocenters. The van der Waals surface area contributed by atoms with Crippen molar-refractivity contribution >= 4 is 31.4 Å². The minimum atomic E-state index is -2.26. The molecule has 0 amide bonds. The molecule has 3 aliphatic heterocycles. The van der Waals surface area contributed by atoms with Crippen LogP contribution in [-0.4, -0.2) is 49.1 Å². The first kappa shape index (κ1) is 35.8. The van der Waals surface area contributed by atoms with E-state index < -0.39 is 37.8 Å². The first-order valence-corrected chi connectivity index (χ1v) is 20.1. The highest BCUT2D eigenvalue weighted by Crippen LogP contribution is 2.47. The third kappa shape index (κ3) is 7.92. The molecule has 1 N–H and O–H groups in total. The lowest BCUT2D eigenvalue weighted by Gasteiger charge is -2.44. The number of hydrogen-bond donors (Lipinski definition) is 1. The maximum atomic E-state index is 14.4. The van der Waals surface area contributed by atoms with Gasteiger partial charge >= 0.3 is 11.0 Å². The summed E-state index contributed by atoms with van der Waals surface area (Å²) in [4.78, 5) is 32.4. The Kier molecular flexibility index (Phi) is 10.5. The van der Waals surface area contributed by atoms with Gasteiger partial charge in [0, 0.05) is 18.4 Å². The molecule has 3 heterocycles. The van der Waals surface area contributed by atoms with Gasteiger partial charge in [-0.2, -0.15) is 4.99 Å². The Balaban J connectivity index is 1.68. The van der Waals surface area contributed by atoms with Gasteiger partial charge in [0.15, 0.2) is 8.32 Å². The van der Waals surface area contributed by atoms with Gasteiger partial charge in [-0.15, -0.1) is 6.58 Å². The monoisotopic (exact) mass is 656 g/mol. The van der Waals surface area contributed by atoms with E-state index in [2.05, 4.69) is 65.9 Å². The molecule has 0 aliphatic carbocycles. The lowest BCUT2D eigenvalue weighted by molar-refractivity contribution is -0.156. The van der Waals surface area contributed by atoms with Gasteiger partial charge in [0.2, 0.25) is 0 Å². The molecule has 1 aromatic rings. The summed E-state index contributed by atoms with van der Waals surface area (Å²) in [5.41, 5.74) is -0.702. The Morgan fingerprint density at radius 3 is 2.56 bits per heavy atom. The number of aliphatic hydroxyl groups excluding tert-OH is 1. The fourth-order valence-corrected chi connectivity index (χ4v) is 8.50. The highest BCUT2D eigenvalue weighted by atomic mass is 32.1. The predicted molar refractivity (Wildman–Crippen MR) is 182 cm³/mol. The van der Waals surface area contributed by atoms with Crippen LogP contribution in [0.25, 0.3) is 0 Å². The molecule has 0 bridgehead atoms. The van der Waals surface area contributed by atoms with E-state index >= 15 is 0 Å². The van der Waals surface area contributed by atoms with Crippen molar-refractivity contribution in [3.63, 3.8) is 0 Å². The predicted octanol–water partition coefficient (Wildman–Crippen LogP) is 7.01. The Hall–Kier alpha value is -2.04. The summed E-state index contributed by atoms with van der Waals surface area (Å²) in [6.07, 6.45) is 2.84. The maximum absolute atomic E-state index is 14.4. The van der Waals surface area contributed by atoms with Crippen molar-refractivity contribution in [3.05, 3.63) is 57.9 Å². The average molecular weight is 657 g/mol. The number of ketones is 1. The van der Waals surface area contributed by atoms with Gasteiger partial charge in [0.05, 0.1) is 35.7 Å². The summed E-state index contributed by atoms with van der Waals surface area (Å²) >= 11 is 1.52. The Morgan fingerprint density at radius 2 is 1.91 bits per heavy atom. The zero-order valence-corrected chi connectivity index (χ0v) is 30.6. The van der Waals surface area contributed by atoms with Crippen molar-refractivity contribution in [2.45, 2.75) is 135 Å². The molecule has 1 aromatic carbocycles. The molecular formula is C36H54NO6SSi+. The molecule has 4 rings (SSSR count). The molecule has 0 spiro atoms. The Labute approximate surface area is 274 Å². The Bertz CT molecular complexity index is 1450. The molecule has 45 heavy (non-hydrogen) atoms. The lowest BCUT2D eigenvalue weighted by Crippen LogP contribution is -2.52. The van der Waals surface area contributed by atoms with Crippen molar-refractivity contribution in [3.8, 4) is 0 Å². The molecule has 2 saturated heterocycles. The third-order valence-electron chi connectivity index (χ3n) is 10.7. The smallest absolute Gasteiger partial charge is 0.317 e. The molecule has 248 valence electrons. The Morgan fingerprint density at radius 1 is 1.22 bits per heavy atom. The van der Waals surface area contributed by atoms with Gasteiger partial charge in [0.1, 0.15) is 17.2 Å². The van der Waals surface area contributed by atoms with E-state index in [1.165, 1.54) is 11.4 Å². The summed E-state index contributed by atoms with van der Waals surface area (Å²) in [5.74, 6) is -1.08. The summed E-state index contributed by atoms with van der Waals surface area (Å²) in [6.45, 7) is 26.7. The second-order valence-electron chi connectivity index (χ2n) is 15.6. The van der Waals surface area contributed by atoms with Crippen LogP contribution in [0, 0.1) is 21.8 Å². The van der Waals surface area contributed by atoms with Crippen LogP contribution in [0.15, 0.2) is 47.5 Å². The number of carbonyl (C=O) groups is 2. The van der Waals surface area contributed by atoms with Crippen molar-refractivity contribution in [2.75, 3.05) is 0 Å². The largest absolute Gasteiger partial charge is 0.457 e. The number of benzene rings is 1. The van der Waals surface area contributed by atoms with E-state index in [0.717, 1.165) is 39.7 Å². The zero-order chi connectivity index (χ0) is 33.5. The van der Waals surface area contributed by atoms with Crippen LogP contribution in [0.1, 0.15) is 98.7 Å². The number of Topliss-reactive ketones (excluding diaryl/α,β-unsaturated/α-hetero) is 1. The number of allylic oxidation sites excluding steroid dienone is 1. The zero-order valence-electron chi connectivity index (χ0n) is 28.8. The van der Waals surface area contributed by atoms with Gasteiger partial charge in [-0.25, -0.2) is 0 Å². The van der Waals surface area contributed by atoms with E-state index in [4.69, 9.17) is 13.9 Å². The normalized spacial score (nSPS) is 32.9. The standard InChI is InChI=1S/C36H54NO6SSi/c1-12-14-25-32(43-45(10,11)34(4,5)6)22(2)15-13-18-36(9)30(42-36)20-27(24-16-17-28-26(19-24)37-23(3)44-28)41-31(39)21-29(38)35(7,8)33(25)40/h12,16-17,19,22,25,27,29-30,32,38H,1,3,13-15,18,20-21H2,2,4-11H3/q+1/t22-,25+,27-,29-,30-,32-,36+/m0/s1. The molecular weight excluding hydrogens is 603 g/mol. The minimum Gasteiger partial charge on any atom is -0.457 e. The maximum Gasteiger partial charge on any atom is 0.317 e. The fourth-order valence-electron chi connectivity index (χ4n) is 6.33. The van der Waals surface area contributed by atoms with E-state index in [1.807, 2.05) is 18.2 Å². The van der Waals surface area contributed by atoms with Gasteiger partial charge in [0.25, 0.3) is 15.9 Å². The molecule has 7 nitrogen and oxygen atoms in total. The topological polar surface area (TPSA) is 97.7 Å². The number of rotatable bonds is 5. The van der Waals surface area contributed by atoms with E-state index in [1.54, 1.807) is 19.9 Å². The SMILES string of the molecule is C=CC[C@H]1C(=O)C(C)(C)[C@@H](O)CC(=O)O[C@H](c2ccc3c(c2)=NC(=C)[S+]=3)C[C@@H]2O[C@]2(C)CCC[C@H](C)[C@@H]1O[Si](C)(C)C(C)(C)C. The van der Waals surface area contributed by atoms with Gasteiger partial charge in [-0.05, 0) is 74.5 Å². The van der Waals surface area contributed by atoms with Crippen LogP contribution < -0.4 is 5.36 Å². The summed E-state index contributed by atoms with van der Waals surface area (Å²) in [6, 6.07) is 5.89. The van der Waals surface area contributed by atoms with E-state index in [-0.39, 0.29) is 41.0 Å². The number of cyclic esters (lactones) is 1. The molecule has 0 unspecified atom stereocenters. The summed E-state index contributed by atoms with van der Waals surface area (Å²) in [5, 5.41) is 13.0. The van der Waals surface area contributed by atoms with Crippen LogP contribution in [0.5, 0.6) is 0 Å². The molecule has 0 radical (unpaired) electrons. The van der Waals surface area contributed by atoms with Crippen LogP contribution in [0.3, 0.4) is 0 Å². The number of hydrogen-bond acceptors (Lipinski definition) is 7. The van der Waals surface area contributed by atoms with E-state index in [0.29, 0.717) is 12.8 Å². The van der Waals surface area contributed by atoms with Crippen molar-refractivity contribution in [1.29, 1.82) is 0 Å². The second kappa shape index (κ2) is 13.2. The van der Waals surface area contributed by atoms with Gasteiger partial charge in [-0.1, -0.05) is 54.0 Å². The quantitative estimate of drug-likeness (QED) is 0.0915. The van der Waals surface area contributed by atoms with Gasteiger partial charge < -0.3 is 19.0 Å². The lowest BCUT2D eigenvalue weighted by atomic mass is 9.71. The van der Waals surface area contributed by atoms with Crippen molar-refractivity contribution in [1.82, 2.24) is 0 Å². The van der Waals surface area contributed by atoms with Crippen LogP contribution >= 0.6 is 0 Å². The van der Waals surface area contributed by atoms with E-state index in [9.17, 15) is 14.7 Å². The minimum absolute atomic E-state index is 0.0403. The molecule has 2 fully saturated rings. The molecule has 0 saturated carbocycles.